The maximum absolute atomic E-state index is 12.0. The first-order valence-corrected chi connectivity index (χ1v) is 7.54. The number of nitrogens with two attached hydrogens (primary N) is 1. The van der Waals surface area contributed by atoms with Crippen molar-refractivity contribution in [2.24, 2.45) is 16.1 Å². The minimum absolute atomic E-state index is 0.0300. The molecule has 2 aliphatic heterocycles. The van der Waals surface area contributed by atoms with E-state index < -0.39 is 6.03 Å². The van der Waals surface area contributed by atoms with Crippen molar-refractivity contribution < 1.29 is 4.79 Å². The molecule has 2 heterocycles. The highest BCUT2D eigenvalue weighted by Gasteiger charge is 2.38. The number of nitrogens with zero attached hydrogens (tertiary/aromatic N) is 4. The highest BCUT2D eigenvalue weighted by atomic mass is 16.2. The lowest BCUT2D eigenvalue weighted by atomic mass is 9.88. The van der Waals surface area contributed by atoms with Gasteiger partial charge in [-0.3, -0.25) is 9.91 Å². The van der Waals surface area contributed by atoms with Gasteiger partial charge < -0.3 is 5.73 Å². The fourth-order valence-electron chi connectivity index (χ4n) is 3.47. The molecule has 0 saturated heterocycles. The second-order valence-electron chi connectivity index (χ2n) is 5.85. The van der Waals surface area contributed by atoms with E-state index in [1.165, 1.54) is 0 Å². The van der Waals surface area contributed by atoms with Crippen LogP contribution in [0.25, 0.3) is 0 Å². The molecule has 0 aromatic heterocycles. The number of urea groups is 1. The first kappa shape index (κ1) is 13.8. The second kappa shape index (κ2) is 5.08. The topological polar surface area (TPSA) is 74.3 Å². The monoisotopic (exact) mass is 307 g/mol. The van der Waals surface area contributed by atoms with Crippen LogP contribution in [0.2, 0.25) is 0 Å². The number of benzene rings is 2. The lowest BCUT2D eigenvalue weighted by Gasteiger charge is -2.33. The molecule has 4 rings (SSSR count). The van der Waals surface area contributed by atoms with Crippen LogP contribution in [0, 0.1) is 0 Å². The maximum atomic E-state index is 12.0. The molecule has 2 N–H and O–H groups in total. The van der Waals surface area contributed by atoms with Crippen LogP contribution >= 0.6 is 0 Å². The molecule has 2 unspecified atom stereocenters. The predicted octanol–water partition coefficient (Wildman–Crippen LogP) is 3.18. The largest absolute Gasteiger partial charge is 0.351 e. The van der Waals surface area contributed by atoms with Gasteiger partial charge in [0.05, 0.1) is 12.2 Å². The molecule has 2 aromatic rings. The van der Waals surface area contributed by atoms with Gasteiger partial charge in [0, 0.05) is 12.6 Å². The Hall–Kier alpha value is -2.89. The lowest BCUT2D eigenvalue weighted by molar-refractivity contribution is 0.252. The first-order valence-electron chi connectivity index (χ1n) is 7.54. The highest BCUT2D eigenvalue weighted by molar-refractivity contribution is 5.91. The number of carbonyl (C=O) groups is 1. The van der Waals surface area contributed by atoms with Crippen LogP contribution < -0.4 is 10.6 Å². The van der Waals surface area contributed by atoms with Crippen LogP contribution in [0.5, 0.6) is 0 Å². The van der Waals surface area contributed by atoms with E-state index in [1.54, 1.807) is 4.90 Å². The van der Waals surface area contributed by atoms with Crippen molar-refractivity contribution >= 4 is 11.7 Å². The molecule has 0 radical (unpaired) electrons. The molecule has 2 atom stereocenters. The Labute approximate surface area is 134 Å². The smallest absolute Gasteiger partial charge is 0.319 e. The zero-order valence-corrected chi connectivity index (χ0v) is 12.8. The molecule has 6 heteroatoms. The van der Waals surface area contributed by atoms with Gasteiger partial charge in [-0.05, 0) is 17.2 Å². The number of fused-ring (bicyclic) bond motifs is 5. The molecule has 2 amide bonds. The zero-order valence-electron chi connectivity index (χ0n) is 12.8. The van der Waals surface area contributed by atoms with E-state index in [1.807, 2.05) is 54.5 Å². The number of rotatable bonds is 0. The Morgan fingerprint density at radius 2 is 1.83 bits per heavy atom. The summed E-state index contributed by atoms with van der Waals surface area (Å²) in [5.41, 5.74) is 9.62. The third-order valence-electron chi connectivity index (χ3n) is 4.53. The number of anilines is 1. The molecule has 116 valence electrons. The lowest BCUT2D eigenvalue weighted by Crippen LogP contribution is -2.38. The maximum Gasteiger partial charge on any atom is 0.319 e. The minimum Gasteiger partial charge on any atom is -0.351 e. The summed E-state index contributed by atoms with van der Waals surface area (Å²) < 4.78 is 0. The van der Waals surface area contributed by atoms with Gasteiger partial charge in [-0.25, -0.2) is 4.79 Å². The molecule has 0 bridgehead atoms. The van der Waals surface area contributed by atoms with Crippen molar-refractivity contribution in [3.05, 3.63) is 65.2 Å². The average molecular weight is 307 g/mol. The van der Waals surface area contributed by atoms with Gasteiger partial charge >= 0.3 is 6.03 Å². The highest BCUT2D eigenvalue weighted by Crippen LogP contribution is 2.47. The van der Waals surface area contributed by atoms with Gasteiger partial charge in [-0.1, -0.05) is 47.7 Å². The van der Waals surface area contributed by atoms with Crippen LogP contribution in [0.1, 0.15) is 28.8 Å². The molecule has 0 fully saturated rings. The van der Waals surface area contributed by atoms with Crippen LogP contribution in [-0.2, 0) is 6.54 Å². The van der Waals surface area contributed by atoms with Crippen molar-refractivity contribution in [3.8, 4) is 0 Å². The van der Waals surface area contributed by atoms with Crippen molar-refractivity contribution in [1.29, 1.82) is 0 Å². The van der Waals surface area contributed by atoms with Crippen molar-refractivity contribution in [2.45, 2.75) is 18.6 Å². The summed E-state index contributed by atoms with van der Waals surface area (Å²) in [5, 5.41) is 10.6. The van der Waals surface area contributed by atoms with Gasteiger partial charge in [0.2, 0.25) is 0 Å². The Kier molecular flexibility index (Phi) is 3.04. The van der Waals surface area contributed by atoms with Crippen LogP contribution in [0.15, 0.2) is 58.9 Å². The summed E-state index contributed by atoms with van der Waals surface area (Å²) >= 11 is 0. The molecular formula is C17H17N5O. The molecular weight excluding hydrogens is 290 g/mol. The van der Waals surface area contributed by atoms with E-state index in [-0.39, 0.29) is 12.1 Å². The number of carbonyl (C=O) groups excluding carboxylic acids is 1. The summed E-state index contributed by atoms with van der Waals surface area (Å²) in [6, 6.07) is 15.3. The van der Waals surface area contributed by atoms with E-state index >= 15 is 0 Å². The zero-order chi connectivity index (χ0) is 16.0. The van der Waals surface area contributed by atoms with Crippen molar-refractivity contribution in [2.75, 3.05) is 11.9 Å². The van der Waals surface area contributed by atoms with Gasteiger partial charge in [0.15, 0.2) is 0 Å². The first-order chi connectivity index (χ1) is 11.2. The fraction of sp³-hybridized carbons (Fsp3) is 0.235. The van der Waals surface area contributed by atoms with E-state index in [9.17, 15) is 4.79 Å². The Balaban J connectivity index is 1.97. The Morgan fingerprint density at radius 3 is 2.61 bits per heavy atom. The Morgan fingerprint density at radius 1 is 1.13 bits per heavy atom. The van der Waals surface area contributed by atoms with Crippen LogP contribution in [0.3, 0.4) is 0 Å². The van der Waals surface area contributed by atoms with Crippen LogP contribution in [0.4, 0.5) is 10.5 Å². The molecule has 0 aliphatic carbocycles. The molecule has 2 aliphatic rings. The third kappa shape index (κ3) is 2.06. The summed E-state index contributed by atoms with van der Waals surface area (Å²) in [7, 11) is 1.93. The molecule has 0 saturated carbocycles. The average Bonchev–Trinajstić information content (AvgIpc) is 2.92. The normalized spacial score (nSPS) is 22.0. The van der Waals surface area contributed by atoms with Gasteiger partial charge in [0.25, 0.3) is 0 Å². The van der Waals surface area contributed by atoms with Gasteiger partial charge in [-0.15, -0.1) is 0 Å². The molecule has 0 spiro atoms. The van der Waals surface area contributed by atoms with Crippen LogP contribution in [-0.4, -0.2) is 18.1 Å². The summed E-state index contributed by atoms with van der Waals surface area (Å²) in [4.78, 5) is 13.6. The predicted molar refractivity (Wildman–Crippen MR) is 86.8 cm³/mol. The quantitative estimate of drug-likeness (QED) is 0.811. The van der Waals surface area contributed by atoms with E-state index in [2.05, 4.69) is 16.4 Å². The minimum atomic E-state index is -0.464. The van der Waals surface area contributed by atoms with Crippen molar-refractivity contribution in [3.63, 3.8) is 0 Å². The summed E-state index contributed by atoms with van der Waals surface area (Å²) in [5.74, 6) is 0. The Bertz CT molecular complexity index is 803. The standard InChI is InChI=1S/C17H17N5O/c1-21-16-12-7-3-2-6-11(12)10-22(17(18)23)14-9-5-4-8-13(14)15(16)19-20-21/h2-9,15-16H,10H2,1H3,(H2,18,23). The molecule has 23 heavy (non-hydrogen) atoms. The number of amides is 2. The van der Waals surface area contributed by atoms with E-state index in [4.69, 9.17) is 5.73 Å². The van der Waals surface area contributed by atoms with Crippen molar-refractivity contribution in [1.82, 2.24) is 5.01 Å². The molecule has 2 aromatic carbocycles. The number of primary amides is 1. The van der Waals surface area contributed by atoms with Gasteiger partial charge in [-0.2, -0.15) is 5.11 Å². The number of para-hydroxylation sites is 1. The second-order valence-corrected chi connectivity index (χ2v) is 5.85. The van der Waals surface area contributed by atoms with E-state index in [0.29, 0.717) is 6.54 Å². The third-order valence-corrected chi connectivity index (χ3v) is 4.53. The fourth-order valence-corrected chi connectivity index (χ4v) is 3.47. The summed E-state index contributed by atoms with van der Waals surface area (Å²) in [6.45, 7) is 0.444. The number of hydrogen-bond acceptors (Lipinski definition) is 4. The SMILES string of the molecule is CN1N=NC2c3ccccc3N(C(N)=O)Cc3ccccc3C21. The molecule has 6 nitrogen and oxygen atoms in total. The summed E-state index contributed by atoms with van der Waals surface area (Å²) in [6.07, 6.45) is 0. The van der Waals surface area contributed by atoms with Gasteiger partial charge in [0.1, 0.15) is 12.1 Å². The van der Waals surface area contributed by atoms with E-state index in [0.717, 1.165) is 22.4 Å². The number of hydrogen-bond donors (Lipinski definition) is 1. The number of likely N-dealkylation sites (N-methyl/N-ethyl adjacent to an activating group) is 1.